The Bertz CT molecular complexity index is 1470. The van der Waals surface area contributed by atoms with Crippen molar-refractivity contribution in [1.29, 1.82) is 0 Å². The molecular formula is C56H98O12S. The van der Waals surface area contributed by atoms with Crippen LogP contribution >= 0.6 is 0 Å². The Morgan fingerprint density at radius 2 is 1.00 bits per heavy atom. The lowest BCUT2D eigenvalue weighted by atomic mass is 9.99. The molecule has 0 amide bonds. The number of aliphatic hydroxyl groups excluding tert-OH is 3. The molecule has 1 saturated heterocycles. The Balaban J connectivity index is 2.31. The molecule has 0 saturated carbocycles. The van der Waals surface area contributed by atoms with Gasteiger partial charge in [-0.15, -0.1) is 0 Å². The third kappa shape index (κ3) is 39.8. The molecule has 4 N–H and O–H groups in total. The highest BCUT2D eigenvalue weighted by Crippen LogP contribution is 2.26. The van der Waals surface area contributed by atoms with Crippen molar-refractivity contribution in [1.82, 2.24) is 0 Å². The Labute approximate surface area is 420 Å². The molecule has 6 unspecified atom stereocenters. The van der Waals surface area contributed by atoms with E-state index in [1.807, 2.05) is 0 Å². The maximum absolute atomic E-state index is 12.9. The highest BCUT2D eigenvalue weighted by Gasteiger charge is 2.48. The van der Waals surface area contributed by atoms with Gasteiger partial charge in [0.05, 0.1) is 19.8 Å². The number of aliphatic hydroxyl groups is 3. The van der Waals surface area contributed by atoms with Crippen molar-refractivity contribution in [2.75, 3.05) is 26.4 Å². The average molecular weight is 995 g/mol. The van der Waals surface area contributed by atoms with Crippen LogP contribution in [-0.4, -0.2) is 97.5 Å². The molecule has 0 spiro atoms. The van der Waals surface area contributed by atoms with Crippen molar-refractivity contribution < 1.29 is 56.2 Å². The predicted octanol–water partition coefficient (Wildman–Crippen LogP) is 13.0. The normalized spacial score (nSPS) is 19.8. The quantitative estimate of drug-likeness (QED) is 0.0197. The summed E-state index contributed by atoms with van der Waals surface area (Å²) < 4.78 is 59.3. The number of esters is 1. The summed E-state index contributed by atoms with van der Waals surface area (Å²) in [4.78, 5) is 12.9. The lowest BCUT2D eigenvalue weighted by Gasteiger charge is -2.41. The smallest absolute Gasteiger partial charge is 0.397 e. The molecule has 0 aromatic rings. The highest BCUT2D eigenvalue weighted by molar-refractivity contribution is 7.80. The summed E-state index contributed by atoms with van der Waals surface area (Å²) in [6.07, 6.45) is 52.2. The van der Waals surface area contributed by atoms with Crippen molar-refractivity contribution >= 4 is 16.4 Å². The largest absolute Gasteiger partial charge is 0.457 e. The van der Waals surface area contributed by atoms with E-state index in [0.717, 1.165) is 89.9 Å². The standard InChI is InChI=1S/C56H98O12S/c1-3-5-7-9-11-13-15-17-19-21-22-23-24-25-26-27-28-29-30-32-34-36-38-40-42-44-46-64-48-50(49-65-56-54(60)55(68-69(61,62)63)53(59)51(47-57)67-56)66-52(58)45-43-41-39-37-35-33-31-20-18-16-14-12-10-8-6-4-2/h5,7,11,13-14,16-17,19-20,22-23,31,50-51,53-57,59-60H,3-4,6,8-10,12,15,18,21,24-30,32-49H2,1-2H3,(H,61,62,63)/b7-5-,13-11-,16-14-,19-17-,23-22-,31-20-. The first-order valence-electron chi connectivity index (χ1n) is 27.2. The van der Waals surface area contributed by atoms with Crippen molar-refractivity contribution in [2.24, 2.45) is 0 Å². The average Bonchev–Trinajstić information content (AvgIpc) is 3.32. The Kier molecular flexibility index (Phi) is 43.6. The summed E-state index contributed by atoms with van der Waals surface area (Å²) in [5.74, 6) is -0.414. The number of hydrogen-bond acceptors (Lipinski definition) is 11. The lowest BCUT2D eigenvalue weighted by Crippen LogP contribution is -2.60. The van der Waals surface area contributed by atoms with Gasteiger partial charge in [0.15, 0.2) is 6.29 Å². The van der Waals surface area contributed by atoms with Crippen LogP contribution in [0.1, 0.15) is 213 Å². The summed E-state index contributed by atoms with van der Waals surface area (Å²) in [7, 11) is -5.07. The summed E-state index contributed by atoms with van der Waals surface area (Å²) in [6, 6.07) is 0. The maximum atomic E-state index is 12.9. The molecule has 1 aliphatic rings. The van der Waals surface area contributed by atoms with E-state index in [0.29, 0.717) is 13.0 Å². The Hall–Kier alpha value is -2.46. The number of ether oxygens (including phenoxy) is 4. The minimum atomic E-state index is -5.07. The van der Waals surface area contributed by atoms with Crippen LogP contribution < -0.4 is 0 Å². The van der Waals surface area contributed by atoms with Crippen molar-refractivity contribution in [3.8, 4) is 0 Å². The molecule has 13 heteroatoms. The predicted molar refractivity (Wildman–Crippen MR) is 280 cm³/mol. The Morgan fingerprint density at radius 1 is 0.565 bits per heavy atom. The van der Waals surface area contributed by atoms with Crippen molar-refractivity contribution in [3.05, 3.63) is 72.9 Å². The fourth-order valence-corrected chi connectivity index (χ4v) is 8.50. The van der Waals surface area contributed by atoms with Crippen LogP contribution in [0.15, 0.2) is 72.9 Å². The molecule has 0 aromatic carbocycles. The number of hydrogen-bond donors (Lipinski definition) is 4. The second kappa shape index (κ2) is 46.6. The van der Waals surface area contributed by atoms with E-state index < -0.39 is 59.8 Å². The number of rotatable bonds is 47. The van der Waals surface area contributed by atoms with Crippen LogP contribution in [0.2, 0.25) is 0 Å². The van der Waals surface area contributed by atoms with Crippen LogP contribution in [0.4, 0.5) is 0 Å². The molecule has 1 fully saturated rings. The number of carbonyl (C=O) groups excluding carboxylic acids is 1. The fraction of sp³-hybridized carbons (Fsp3) is 0.768. The fourth-order valence-electron chi connectivity index (χ4n) is 7.99. The van der Waals surface area contributed by atoms with Gasteiger partial charge in [0.1, 0.15) is 30.5 Å². The summed E-state index contributed by atoms with van der Waals surface area (Å²) in [5, 5.41) is 30.8. The minimum Gasteiger partial charge on any atom is -0.457 e. The molecule has 0 aliphatic carbocycles. The first-order valence-corrected chi connectivity index (χ1v) is 28.6. The van der Waals surface area contributed by atoms with E-state index >= 15 is 0 Å². The second-order valence-corrected chi connectivity index (χ2v) is 19.5. The molecule has 69 heavy (non-hydrogen) atoms. The first kappa shape index (κ1) is 64.6. The SMILES string of the molecule is CC/C=C\C/C=C\C/C=C\C/C=C\CCCCCCCCCCCCCCCOCC(COC1OC(CO)C(O)C(OS(=O)(=O)O)C1O)OC(=O)CCCCCCC/C=C\C/C=C\CCCCCC. The van der Waals surface area contributed by atoms with Gasteiger partial charge >= 0.3 is 16.4 Å². The zero-order valence-electron chi connectivity index (χ0n) is 43.1. The van der Waals surface area contributed by atoms with E-state index in [1.54, 1.807) is 0 Å². The van der Waals surface area contributed by atoms with Crippen LogP contribution in [-0.2, 0) is 38.3 Å². The zero-order chi connectivity index (χ0) is 50.3. The topological polar surface area (TPSA) is 178 Å². The molecule has 400 valence electrons. The Morgan fingerprint density at radius 3 is 1.46 bits per heavy atom. The number of allylic oxidation sites excluding steroid dienone is 12. The van der Waals surface area contributed by atoms with E-state index in [4.69, 9.17) is 18.9 Å². The van der Waals surface area contributed by atoms with Gasteiger partial charge in [0.2, 0.25) is 0 Å². The van der Waals surface area contributed by atoms with Gasteiger partial charge in [0, 0.05) is 13.0 Å². The third-order valence-corrected chi connectivity index (χ3v) is 12.5. The highest BCUT2D eigenvalue weighted by atomic mass is 32.3. The zero-order valence-corrected chi connectivity index (χ0v) is 43.9. The molecule has 1 heterocycles. The molecule has 0 aromatic heterocycles. The first-order chi connectivity index (χ1) is 33.6. The lowest BCUT2D eigenvalue weighted by molar-refractivity contribution is -0.301. The molecule has 1 rings (SSSR count). The van der Waals surface area contributed by atoms with Gasteiger partial charge in [-0.05, 0) is 83.5 Å². The van der Waals surface area contributed by atoms with Gasteiger partial charge in [-0.2, -0.15) is 8.42 Å². The maximum Gasteiger partial charge on any atom is 0.397 e. The van der Waals surface area contributed by atoms with E-state index in [-0.39, 0.29) is 19.6 Å². The van der Waals surface area contributed by atoms with Gasteiger partial charge in [-0.3, -0.25) is 9.35 Å². The molecule has 1 aliphatic heterocycles. The summed E-state index contributed by atoms with van der Waals surface area (Å²) in [6.45, 7) is 3.85. The van der Waals surface area contributed by atoms with Crippen molar-refractivity contribution in [2.45, 2.75) is 250 Å². The van der Waals surface area contributed by atoms with Gasteiger partial charge < -0.3 is 34.3 Å². The van der Waals surface area contributed by atoms with Crippen LogP contribution in [0.3, 0.4) is 0 Å². The molecule has 6 atom stereocenters. The number of carbonyl (C=O) groups is 1. The van der Waals surface area contributed by atoms with Gasteiger partial charge in [-0.25, -0.2) is 4.18 Å². The summed E-state index contributed by atoms with van der Waals surface area (Å²) in [5.41, 5.74) is 0. The van der Waals surface area contributed by atoms with Crippen molar-refractivity contribution in [3.63, 3.8) is 0 Å². The van der Waals surface area contributed by atoms with Crippen LogP contribution in [0.5, 0.6) is 0 Å². The van der Waals surface area contributed by atoms with E-state index in [9.17, 15) is 33.1 Å². The number of unbranched alkanes of at least 4 members (excludes halogenated alkanes) is 22. The van der Waals surface area contributed by atoms with E-state index in [1.165, 1.54) is 96.3 Å². The molecular weight excluding hydrogens is 897 g/mol. The van der Waals surface area contributed by atoms with E-state index in [2.05, 4.69) is 90.9 Å². The second-order valence-electron chi connectivity index (χ2n) is 18.4. The monoisotopic (exact) mass is 995 g/mol. The molecule has 0 bridgehead atoms. The van der Waals surface area contributed by atoms with Gasteiger partial charge in [-0.1, -0.05) is 196 Å². The minimum absolute atomic E-state index is 0.0269. The summed E-state index contributed by atoms with van der Waals surface area (Å²) >= 11 is 0. The third-order valence-electron chi connectivity index (χ3n) is 12.1. The van der Waals surface area contributed by atoms with Crippen LogP contribution in [0, 0.1) is 0 Å². The van der Waals surface area contributed by atoms with Crippen LogP contribution in [0.25, 0.3) is 0 Å². The molecule has 0 radical (unpaired) electrons. The van der Waals surface area contributed by atoms with Gasteiger partial charge in [0.25, 0.3) is 0 Å². The molecule has 12 nitrogen and oxygen atoms in total.